The van der Waals surface area contributed by atoms with Crippen LogP contribution in [0.3, 0.4) is 0 Å². The van der Waals surface area contributed by atoms with Gasteiger partial charge in [0.2, 0.25) is 12.3 Å². The summed E-state index contributed by atoms with van der Waals surface area (Å²) in [6.45, 7) is 2.55. The molecule has 2 aromatic heterocycles. The third-order valence-corrected chi connectivity index (χ3v) is 2.27. The number of aromatic carboxylic acids is 1. The van der Waals surface area contributed by atoms with Crippen molar-refractivity contribution in [2.75, 3.05) is 0 Å². The summed E-state index contributed by atoms with van der Waals surface area (Å²) in [7, 11) is 0. The van der Waals surface area contributed by atoms with E-state index in [1.54, 1.807) is 6.07 Å². The van der Waals surface area contributed by atoms with Gasteiger partial charge in [0.25, 0.3) is 0 Å². The molecule has 82 valence electrons. The number of hydrogen-bond acceptors (Lipinski definition) is 2. The van der Waals surface area contributed by atoms with Gasteiger partial charge in [-0.05, 0) is 24.6 Å². The molecule has 4 heteroatoms. The van der Waals surface area contributed by atoms with Crippen LogP contribution in [-0.4, -0.2) is 11.1 Å². The zero-order valence-corrected chi connectivity index (χ0v) is 8.88. The van der Waals surface area contributed by atoms with Crippen molar-refractivity contribution in [2.24, 2.45) is 0 Å². The van der Waals surface area contributed by atoms with Gasteiger partial charge in [-0.25, -0.2) is 4.79 Å². The number of carboxylic acid groups (broad SMARTS) is 1. The molecule has 2 aromatic rings. The van der Waals surface area contributed by atoms with E-state index in [0.717, 1.165) is 0 Å². The lowest BCUT2D eigenvalue weighted by Gasteiger charge is -1.94. The molecule has 16 heavy (non-hydrogen) atoms. The van der Waals surface area contributed by atoms with Crippen LogP contribution in [0.5, 0.6) is 0 Å². The van der Waals surface area contributed by atoms with Crippen LogP contribution in [0.4, 0.5) is 0 Å². The van der Waals surface area contributed by atoms with Crippen LogP contribution in [0.15, 0.2) is 41.1 Å². The quantitative estimate of drug-likeness (QED) is 0.796. The first-order valence-corrected chi connectivity index (χ1v) is 4.93. The number of rotatable bonds is 3. The molecule has 2 rings (SSSR count). The summed E-state index contributed by atoms with van der Waals surface area (Å²) in [5.74, 6) is -0.436. The monoisotopic (exact) mass is 218 g/mol. The minimum atomic E-state index is -1.04. The SMILES string of the molecule is Cc1cc[n+](Cc2ccc(C(=O)O)o2)cc1. The highest BCUT2D eigenvalue weighted by Crippen LogP contribution is 2.07. The Labute approximate surface area is 92.8 Å². The minimum Gasteiger partial charge on any atom is -0.475 e. The molecule has 0 saturated heterocycles. The van der Waals surface area contributed by atoms with Gasteiger partial charge in [0.1, 0.15) is 0 Å². The van der Waals surface area contributed by atoms with Gasteiger partial charge in [0, 0.05) is 12.1 Å². The molecule has 0 atom stereocenters. The van der Waals surface area contributed by atoms with E-state index in [2.05, 4.69) is 0 Å². The maximum absolute atomic E-state index is 10.6. The first-order chi connectivity index (χ1) is 7.65. The van der Waals surface area contributed by atoms with Crippen molar-refractivity contribution in [3.05, 3.63) is 53.7 Å². The molecule has 0 saturated carbocycles. The van der Waals surface area contributed by atoms with E-state index >= 15 is 0 Å². The molecule has 0 bridgehead atoms. The Morgan fingerprint density at radius 3 is 2.56 bits per heavy atom. The van der Waals surface area contributed by atoms with E-state index in [1.807, 2.05) is 36.0 Å². The molecule has 0 amide bonds. The number of aromatic nitrogens is 1. The highest BCUT2D eigenvalue weighted by Gasteiger charge is 2.11. The fourth-order valence-corrected chi connectivity index (χ4v) is 1.40. The minimum absolute atomic E-state index is 0.0253. The average Bonchev–Trinajstić information content (AvgIpc) is 2.70. The van der Waals surface area contributed by atoms with Gasteiger partial charge in [-0.1, -0.05) is 0 Å². The Balaban J connectivity index is 2.14. The van der Waals surface area contributed by atoms with Gasteiger partial charge >= 0.3 is 5.97 Å². The predicted molar refractivity (Wildman–Crippen MR) is 56.1 cm³/mol. The number of pyridine rings is 1. The summed E-state index contributed by atoms with van der Waals surface area (Å²) in [6.07, 6.45) is 3.86. The highest BCUT2D eigenvalue weighted by molar-refractivity contribution is 5.84. The average molecular weight is 218 g/mol. The van der Waals surface area contributed by atoms with E-state index in [-0.39, 0.29) is 5.76 Å². The Bertz CT molecular complexity index is 499. The first kappa shape index (κ1) is 10.4. The zero-order chi connectivity index (χ0) is 11.5. The van der Waals surface area contributed by atoms with Crippen molar-refractivity contribution in [2.45, 2.75) is 13.5 Å². The van der Waals surface area contributed by atoms with E-state index in [9.17, 15) is 4.79 Å². The Morgan fingerprint density at radius 2 is 2.00 bits per heavy atom. The van der Waals surface area contributed by atoms with Gasteiger partial charge in [-0.3, -0.25) is 0 Å². The van der Waals surface area contributed by atoms with Crippen molar-refractivity contribution in [1.82, 2.24) is 0 Å². The lowest BCUT2D eigenvalue weighted by Crippen LogP contribution is -2.32. The van der Waals surface area contributed by atoms with Crippen LogP contribution < -0.4 is 4.57 Å². The maximum Gasteiger partial charge on any atom is 0.371 e. The Kier molecular flexibility index (Phi) is 2.72. The number of nitrogens with zero attached hydrogens (tertiary/aromatic N) is 1. The molecular formula is C12H12NO3+. The molecule has 2 heterocycles. The molecule has 0 aliphatic carbocycles. The number of carboxylic acids is 1. The van der Waals surface area contributed by atoms with Gasteiger partial charge in [0.15, 0.2) is 18.2 Å². The smallest absolute Gasteiger partial charge is 0.371 e. The lowest BCUT2D eigenvalue weighted by atomic mass is 10.3. The number of furan rings is 1. The van der Waals surface area contributed by atoms with Gasteiger partial charge in [0.05, 0.1) is 0 Å². The van der Waals surface area contributed by atoms with Crippen LogP contribution in [0.25, 0.3) is 0 Å². The first-order valence-electron chi connectivity index (χ1n) is 4.93. The normalized spacial score (nSPS) is 10.3. The van der Waals surface area contributed by atoms with Crippen LogP contribution in [0, 0.1) is 6.92 Å². The van der Waals surface area contributed by atoms with Crippen LogP contribution in [0.1, 0.15) is 21.9 Å². The second kappa shape index (κ2) is 4.18. The number of hydrogen-bond donors (Lipinski definition) is 1. The standard InChI is InChI=1S/C12H11NO3/c1-9-4-6-13(7-5-9)8-10-2-3-11(16-10)12(14)15/h2-7H,8H2,1H3/p+1. The lowest BCUT2D eigenvalue weighted by molar-refractivity contribution is -0.690. The third kappa shape index (κ3) is 2.28. The van der Waals surface area contributed by atoms with Crippen molar-refractivity contribution >= 4 is 5.97 Å². The molecule has 1 N–H and O–H groups in total. The summed E-state index contributed by atoms with van der Waals surface area (Å²) in [6, 6.07) is 7.12. The van der Waals surface area contributed by atoms with E-state index < -0.39 is 5.97 Å². The molecule has 0 unspecified atom stereocenters. The number of carbonyl (C=O) groups is 1. The fraction of sp³-hybridized carbons (Fsp3) is 0.167. The van der Waals surface area contributed by atoms with Crippen LogP contribution >= 0.6 is 0 Å². The fourth-order valence-electron chi connectivity index (χ4n) is 1.40. The molecule has 0 radical (unpaired) electrons. The van der Waals surface area contributed by atoms with E-state index in [4.69, 9.17) is 9.52 Å². The second-order valence-corrected chi connectivity index (χ2v) is 3.62. The summed E-state index contributed by atoms with van der Waals surface area (Å²) in [5, 5.41) is 8.70. The molecule has 0 aromatic carbocycles. The molecule has 0 spiro atoms. The van der Waals surface area contributed by atoms with Gasteiger partial charge in [-0.2, -0.15) is 4.57 Å². The molecule has 0 aliphatic rings. The van der Waals surface area contributed by atoms with Crippen molar-refractivity contribution in [3.63, 3.8) is 0 Å². The summed E-state index contributed by atoms with van der Waals surface area (Å²) >= 11 is 0. The van der Waals surface area contributed by atoms with Gasteiger partial charge < -0.3 is 9.52 Å². The van der Waals surface area contributed by atoms with Crippen LogP contribution in [-0.2, 0) is 6.54 Å². The predicted octanol–water partition coefficient (Wildman–Crippen LogP) is 1.62. The summed E-state index contributed by atoms with van der Waals surface area (Å²) < 4.78 is 7.09. The largest absolute Gasteiger partial charge is 0.475 e. The highest BCUT2D eigenvalue weighted by atomic mass is 16.4. The van der Waals surface area contributed by atoms with E-state index in [1.165, 1.54) is 11.6 Å². The summed E-state index contributed by atoms with van der Waals surface area (Å²) in [5.41, 5.74) is 1.18. The molecular weight excluding hydrogens is 206 g/mol. The van der Waals surface area contributed by atoms with Crippen LogP contribution in [0.2, 0.25) is 0 Å². The summed E-state index contributed by atoms with van der Waals surface area (Å²) in [4.78, 5) is 10.6. The zero-order valence-electron chi connectivity index (χ0n) is 8.88. The topological polar surface area (TPSA) is 54.3 Å². The Hall–Kier alpha value is -2.10. The van der Waals surface area contributed by atoms with Crippen molar-refractivity contribution in [1.29, 1.82) is 0 Å². The molecule has 0 fully saturated rings. The van der Waals surface area contributed by atoms with Crippen molar-refractivity contribution in [3.8, 4) is 0 Å². The second-order valence-electron chi connectivity index (χ2n) is 3.62. The maximum atomic E-state index is 10.6. The Morgan fingerprint density at radius 1 is 1.31 bits per heavy atom. The van der Waals surface area contributed by atoms with Crippen molar-refractivity contribution < 1.29 is 18.9 Å². The molecule has 4 nitrogen and oxygen atoms in total. The number of aryl methyl sites for hydroxylation is 1. The van der Waals surface area contributed by atoms with E-state index in [0.29, 0.717) is 12.3 Å². The van der Waals surface area contributed by atoms with Gasteiger partial charge in [-0.15, -0.1) is 0 Å². The molecule has 0 aliphatic heterocycles. The third-order valence-electron chi connectivity index (χ3n) is 2.27.